The fraction of sp³-hybridized carbons (Fsp3) is 0.294. The predicted octanol–water partition coefficient (Wildman–Crippen LogP) is 3.55. The van der Waals surface area contributed by atoms with E-state index < -0.39 is 0 Å². The van der Waals surface area contributed by atoms with Gasteiger partial charge in [0, 0.05) is 29.8 Å². The zero-order valence-corrected chi connectivity index (χ0v) is 11.8. The molecule has 3 heteroatoms. The number of amides is 1. The number of carbonyl (C=O) groups is 1. The van der Waals surface area contributed by atoms with E-state index in [9.17, 15) is 4.79 Å². The van der Waals surface area contributed by atoms with Crippen LogP contribution in [0.4, 0.5) is 0 Å². The molecule has 1 heterocycles. The highest BCUT2D eigenvalue weighted by molar-refractivity contribution is 5.95. The minimum atomic E-state index is -0.0472. The van der Waals surface area contributed by atoms with Gasteiger partial charge in [0.1, 0.15) is 0 Å². The first kappa shape index (κ1) is 14.3. The van der Waals surface area contributed by atoms with E-state index in [1.165, 1.54) is 0 Å². The summed E-state index contributed by atoms with van der Waals surface area (Å²) in [5, 5.41) is 3.97. The van der Waals surface area contributed by atoms with Crippen molar-refractivity contribution in [2.75, 3.05) is 6.54 Å². The van der Waals surface area contributed by atoms with Crippen LogP contribution in [0.1, 0.15) is 31.7 Å². The lowest BCUT2D eigenvalue weighted by Gasteiger charge is -2.02. The minimum absolute atomic E-state index is 0.0472. The molecule has 2 rings (SSSR count). The van der Waals surface area contributed by atoms with E-state index in [1.807, 2.05) is 36.4 Å². The van der Waals surface area contributed by atoms with Gasteiger partial charge in [0.2, 0.25) is 5.91 Å². The normalized spacial score (nSPS) is 11.1. The second-order valence-corrected chi connectivity index (χ2v) is 4.75. The van der Waals surface area contributed by atoms with E-state index in [4.69, 9.17) is 0 Å². The van der Waals surface area contributed by atoms with Crippen LogP contribution in [-0.4, -0.2) is 17.4 Å². The Morgan fingerprint density at radius 3 is 2.95 bits per heavy atom. The summed E-state index contributed by atoms with van der Waals surface area (Å²) in [6, 6.07) is 9.89. The zero-order valence-electron chi connectivity index (χ0n) is 11.8. The molecule has 0 unspecified atom stereocenters. The molecular weight excluding hydrogens is 248 g/mol. The van der Waals surface area contributed by atoms with Crippen molar-refractivity contribution in [1.82, 2.24) is 10.3 Å². The minimum Gasteiger partial charge on any atom is -0.353 e. The van der Waals surface area contributed by atoms with Crippen LogP contribution in [0.15, 0.2) is 42.6 Å². The summed E-state index contributed by atoms with van der Waals surface area (Å²) in [6.07, 6.45) is 8.51. The van der Waals surface area contributed by atoms with E-state index in [0.29, 0.717) is 0 Å². The highest BCUT2D eigenvalue weighted by Gasteiger charge is 1.99. The van der Waals surface area contributed by atoms with Gasteiger partial charge in [0.15, 0.2) is 0 Å². The molecular formula is C17H20N2O. The van der Waals surface area contributed by atoms with Crippen LogP contribution in [-0.2, 0) is 4.79 Å². The summed E-state index contributed by atoms with van der Waals surface area (Å²) in [5.41, 5.74) is 1.89. The third-order valence-electron chi connectivity index (χ3n) is 3.16. The number of hydrogen-bond donors (Lipinski definition) is 1. The number of nitrogens with one attached hydrogen (secondary N) is 1. The number of nitrogens with zero attached hydrogens (tertiary/aromatic N) is 1. The molecule has 1 aromatic heterocycles. The molecule has 1 amide bonds. The Kier molecular flexibility index (Phi) is 5.30. The molecule has 0 aliphatic rings. The molecule has 3 nitrogen and oxygen atoms in total. The number of hydrogen-bond acceptors (Lipinski definition) is 2. The van der Waals surface area contributed by atoms with Crippen molar-refractivity contribution in [2.45, 2.75) is 26.2 Å². The standard InChI is InChI=1S/C17H20N2O/c1-2-3-4-12-18-16(20)11-10-15-8-5-7-14-9-6-13-19-17(14)15/h5-11,13H,2-4,12H2,1H3,(H,18,20)/b11-10+. The zero-order chi connectivity index (χ0) is 14.2. The van der Waals surface area contributed by atoms with Crippen molar-refractivity contribution in [3.05, 3.63) is 48.2 Å². The summed E-state index contributed by atoms with van der Waals surface area (Å²) in [7, 11) is 0. The molecule has 0 bridgehead atoms. The van der Waals surface area contributed by atoms with E-state index in [1.54, 1.807) is 12.3 Å². The fourth-order valence-corrected chi connectivity index (χ4v) is 2.07. The molecule has 0 spiro atoms. The maximum atomic E-state index is 11.7. The summed E-state index contributed by atoms with van der Waals surface area (Å²) >= 11 is 0. The topological polar surface area (TPSA) is 42.0 Å². The molecule has 1 aromatic carbocycles. The van der Waals surface area contributed by atoms with Gasteiger partial charge < -0.3 is 5.32 Å². The molecule has 1 N–H and O–H groups in total. The van der Waals surface area contributed by atoms with Crippen LogP contribution in [0.5, 0.6) is 0 Å². The van der Waals surface area contributed by atoms with E-state index in [-0.39, 0.29) is 5.91 Å². The average Bonchev–Trinajstić information content (AvgIpc) is 2.49. The molecule has 20 heavy (non-hydrogen) atoms. The van der Waals surface area contributed by atoms with Crippen molar-refractivity contribution < 1.29 is 4.79 Å². The van der Waals surface area contributed by atoms with Crippen molar-refractivity contribution in [3.63, 3.8) is 0 Å². The third-order valence-corrected chi connectivity index (χ3v) is 3.16. The summed E-state index contributed by atoms with van der Waals surface area (Å²) in [5.74, 6) is -0.0472. The number of carbonyl (C=O) groups excluding carboxylic acids is 1. The van der Waals surface area contributed by atoms with Crippen LogP contribution < -0.4 is 5.32 Å². The molecule has 0 radical (unpaired) electrons. The number of para-hydroxylation sites is 1. The highest BCUT2D eigenvalue weighted by atomic mass is 16.1. The molecule has 0 aliphatic carbocycles. The van der Waals surface area contributed by atoms with E-state index in [0.717, 1.165) is 42.3 Å². The number of benzene rings is 1. The van der Waals surface area contributed by atoms with Crippen LogP contribution in [0, 0.1) is 0 Å². The SMILES string of the molecule is CCCCCNC(=O)/C=C/c1cccc2cccnc12. The Morgan fingerprint density at radius 2 is 2.10 bits per heavy atom. The van der Waals surface area contributed by atoms with E-state index in [2.05, 4.69) is 17.2 Å². The number of fused-ring (bicyclic) bond motifs is 1. The van der Waals surface area contributed by atoms with Crippen LogP contribution in [0.3, 0.4) is 0 Å². The molecule has 0 atom stereocenters. The monoisotopic (exact) mass is 268 g/mol. The van der Waals surface area contributed by atoms with Gasteiger partial charge in [0.05, 0.1) is 5.52 Å². The second kappa shape index (κ2) is 7.43. The highest BCUT2D eigenvalue weighted by Crippen LogP contribution is 2.16. The van der Waals surface area contributed by atoms with Crippen molar-refractivity contribution in [1.29, 1.82) is 0 Å². The molecule has 0 saturated carbocycles. The Balaban J connectivity index is 2.01. The van der Waals surface area contributed by atoms with Crippen LogP contribution in [0.25, 0.3) is 17.0 Å². The number of pyridine rings is 1. The largest absolute Gasteiger partial charge is 0.353 e. The lowest BCUT2D eigenvalue weighted by atomic mass is 10.1. The second-order valence-electron chi connectivity index (χ2n) is 4.75. The smallest absolute Gasteiger partial charge is 0.244 e. The van der Waals surface area contributed by atoms with Crippen molar-refractivity contribution >= 4 is 22.9 Å². The molecule has 104 valence electrons. The molecule has 0 aliphatic heterocycles. The summed E-state index contributed by atoms with van der Waals surface area (Å²) in [4.78, 5) is 16.1. The average molecular weight is 268 g/mol. The Bertz CT molecular complexity index is 599. The first-order chi connectivity index (χ1) is 9.81. The van der Waals surface area contributed by atoms with Gasteiger partial charge in [0.25, 0.3) is 0 Å². The van der Waals surface area contributed by atoms with Gasteiger partial charge in [-0.2, -0.15) is 0 Å². The molecule has 0 fully saturated rings. The number of rotatable bonds is 6. The Morgan fingerprint density at radius 1 is 1.25 bits per heavy atom. The lowest BCUT2D eigenvalue weighted by molar-refractivity contribution is -0.116. The lowest BCUT2D eigenvalue weighted by Crippen LogP contribution is -2.21. The van der Waals surface area contributed by atoms with Crippen LogP contribution >= 0.6 is 0 Å². The van der Waals surface area contributed by atoms with Crippen molar-refractivity contribution in [2.24, 2.45) is 0 Å². The maximum Gasteiger partial charge on any atom is 0.244 e. The summed E-state index contributed by atoms with van der Waals surface area (Å²) < 4.78 is 0. The molecule has 2 aromatic rings. The van der Waals surface area contributed by atoms with Gasteiger partial charge in [-0.05, 0) is 18.6 Å². The van der Waals surface area contributed by atoms with Crippen LogP contribution in [0.2, 0.25) is 0 Å². The first-order valence-electron chi connectivity index (χ1n) is 7.11. The Labute approximate surface area is 119 Å². The third kappa shape index (κ3) is 3.92. The number of unbranched alkanes of at least 4 members (excludes halogenated alkanes) is 2. The number of aromatic nitrogens is 1. The quantitative estimate of drug-likeness (QED) is 0.643. The molecule has 0 saturated heterocycles. The Hall–Kier alpha value is -2.16. The van der Waals surface area contributed by atoms with Crippen molar-refractivity contribution in [3.8, 4) is 0 Å². The van der Waals surface area contributed by atoms with Gasteiger partial charge >= 0.3 is 0 Å². The van der Waals surface area contributed by atoms with E-state index >= 15 is 0 Å². The summed E-state index contributed by atoms with van der Waals surface area (Å²) in [6.45, 7) is 2.89. The first-order valence-corrected chi connectivity index (χ1v) is 7.11. The van der Waals surface area contributed by atoms with Gasteiger partial charge in [-0.15, -0.1) is 0 Å². The van der Waals surface area contributed by atoms with Gasteiger partial charge in [-0.1, -0.05) is 44.0 Å². The van der Waals surface area contributed by atoms with Gasteiger partial charge in [-0.3, -0.25) is 9.78 Å². The fourth-order valence-electron chi connectivity index (χ4n) is 2.07. The maximum absolute atomic E-state index is 11.7. The predicted molar refractivity (Wildman–Crippen MR) is 83.3 cm³/mol. The van der Waals surface area contributed by atoms with Gasteiger partial charge in [-0.25, -0.2) is 0 Å².